The summed E-state index contributed by atoms with van der Waals surface area (Å²) in [6, 6.07) is 2.32. The molecule has 1 amide bonds. The van der Waals surface area contributed by atoms with Crippen molar-refractivity contribution in [2.45, 2.75) is 19.5 Å². The van der Waals surface area contributed by atoms with Gasteiger partial charge < -0.3 is 16.2 Å². The van der Waals surface area contributed by atoms with E-state index in [-0.39, 0.29) is 12.2 Å². The minimum absolute atomic E-state index is 0.0854. The van der Waals surface area contributed by atoms with Gasteiger partial charge in [0, 0.05) is 6.54 Å². The number of hydrogen-bond acceptors (Lipinski definition) is 3. The van der Waals surface area contributed by atoms with Gasteiger partial charge in [0.15, 0.2) is 0 Å². The van der Waals surface area contributed by atoms with Crippen molar-refractivity contribution < 1.29 is 23.1 Å². The van der Waals surface area contributed by atoms with Crippen molar-refractivity contribution >= 4 is 11.6 Å². The fourth-order valence-electron chi connectivity index (χ4n) is 1.51. The maximum absolute atomic E-state index is 12.5. The maximum Gasteiger partial charge on any atom is 0.416 e. The van der Waals surface area contributed by atoms with Gasteiger partial charge in [-0.05, 0) is 24.6 Å². The second kappa shape index (κ2) is 5.92. The minimum atomic E-state index is -4.54. The monoisotopic (exact) mass is 276 g/mol. The molecule has 4 N–H and O–H groups in total. The summed E-state index contributed by atoms with van der Waals surface area (Å²) in [5, 5.41) is 11.7. The molecule has 0 aliphatic carbocycles. The van der Waals surface area contributed by atoms with E-state index in [0.717, 1.165) is 12.1 Å². The lowest BCUT2D eigenvalue weighted by Gasteiger charge is -2.15. The lowest BCUT2D eigenvalue weighted by Crippen LogP contribution is -2.28. The highest BCUT2D eigenvalue weighted by Gasteiger charge is 2.31. The number of carbonyl (C=O) groups is 1. The number of carbonyl (C=O) groups excluding carboxylic acids is 1. The zero-order valence-corrected chi connectivity index (χ0v) is 10.3. The third-order valence-electron chi connectivity index (χ3n) is 2.73. The molecule has 19 heavy (non-hydrogen) atoms. The van der Waals surface area contributed by atoms with E-state index in [1.54, 1.807) is 6.92 Å². The second-order valence-electron chi connectivity index (χ2n) is 4.06. The molecule has 7 heteroatoms. The average Bonchev–Trinajstić information content (AvgIpc) is 2.32. The number of anilines is 1. The van der Waals surface area contributed by atoms with E-state index in [1.807, 2.05) is 0 Å². The first-order valence-electron chi connectivity index (χ1n) is 5.70. The third-order valence-corrected chi connectivity index (χ3v) is 2.73. The zero-order chi connectivity index (χ0) is 14.6. The zero-order valence-electron chi connectivity index (χ0n) is 10.3. The molecule has 0 saturated heterocycles. The molecule has 106 valence electrons. The topological polar surface area (TPSA) is 75.4 Å². The molecule has 4 nitrogen and oxygen atoms in total. The van der Waals surface area contributed by atoms with E-state index >= 15 is 0 Å². The van der Waals surface area contributed by atoms with Gasteiger partial charge >= 0.3 is 6.18 Å². The molecule has 0 spiro atoms. The number of nitrogens with one attached hydrogen (secondary N) is 1. The molecule has 1 aromatic carbocycles. The van der Waals surface area contributed by atoms with E-state index in [2.05, 4.69) is 5.32 Å². The van der Waals surface area contributed by atoms with E-state index < -0.39 is 29.3 Å². The molecule has 1 atom stereocenters. The second-order valence-corrected chi connectivity index (χ2v) is 4.06. The van der Waals surface area contributed by atoms with Crippen LogP contribution < -0.4 is 11.1 Å². The largest absolute Gasteiger partial charge is 0.506 e. The van der Waals surface area contributed by atoms with Gasteiger partial charge in [-0.1, -0.05) is 6.92 Å². The smallest absolute Gasteiger partial charge is 0.416 e. The molecule has 1 rings (SSSR count). The first-order valence-corrected chi connectivity index (χ1v) is 5.70. The van der Waals surface area contributed by atoms with E-state index in [4.69, 9.17) is 5.73 Å². The molecule has 0 bridgehead atoms. The molecular formula is C12H15F3N2O2. The van der Waals surface area contributed by atoms with Crippen LogP contribution in [0.1, 0.15) is 18.9 Å². The van der Waals surface area contributed by atoms with Crippen LogP contribution in [-0.4, -0.2) is 17.6 Å². The van der Waals surface area contributed by atoms with Crippen molar-refractivity contribution in [3.8, 4) is 5.75 Å². The Kier molecular flexibility index (Phi) is 4.77. The first-order chi connectivity index (χ1) is 8.79. The molecule has 0 fully saturated rings. The Morgan fingerprint density at radius 2 is 2.11 bits per heavy atom. The van der Waals surface area contributed by atoms with Crippen LogP contribution in [-0.2, 0) is 11.0 Å². The summed E-state index contributed by atoms with van der Waals surface area (Å²) in [5.41, 5.74) is 4.16. The quantitative estimate of drug-likeness (QED) is 0.739. The van der Waals surface area contributed by atoms with Crippen LogP contribution in [0, 0.1) is 5.92 Å². The summed E-state index contributed by atoms with van der Waals surface area (Å²) >= 11 is 0. The fourth-order valence-corrected chi connectivity index (χ4v) is 1.51. The Morgan fingerprint density at radius 1 is 1.47 bits per heavy atom. The average molecular weight is 276 g/mol. The molecule has 0 heterocycles. The highest BCUT2D eigenvalue weighted by Crippen LogP contribution is 2.34. The maximum atomic E-state index is 12.5. The van der Waals surface area contributed by atoms with Crippen LogP contribution in [0.3, 0.4) is 0 Å². The number of phenolic OH excluding ortho intramolecular Hbond substituents is 1. The van der Waals surface area contributed by atoms with Crippen molar-refractivity contribution in [2.24, 2.45) is 11.7 Å². The highest BCUT2D eigenvalue weighted by atomic mass is 19.4. The molecule has 0 radical (unpaired) electrons. The SMILES string of the molecule is CCC(CN)C(=O)Nc1cc(C(F)(F)F)ccc1O. The number of alkyl halides is 3. The molecule has 0 aliphatic heterocycles. The van der Waals surface area contributed by atoms with E-state index in [9.17, 15) is 23.1 Å². The van der Waals surface area contributed by atoms with Crippen LogP contribution in [0.5, 0.6) is 5.75 Å². The Hall–Kier alpha value is -1.76. The Morgan fingerprint density at radius 3 is 2.58 bits per heavy atom. The summed E-state index contributed by atoms with van der Waals surface area (Å²) in [6.07, 6.45) is -4.08. The molecule has 0 aliphatic rings. The van der Waals surface area contributed by atoms with Gasteiger partial charge in [0.1, 0.15) is 5.75 Å². The van der Waals surface area contributed by atoms with Crippen LogP contribution >= 0.6 is 0 Å². The van der Waals surface area contributed by atoms with Gasteiger partial charge in [0.2, 0.25) is 5.91 Å². The van der Waals surface area contributed by atoms with Crippen LogP contribution in [0.4, 0.5) is 18.9 Å². The van der Waals surface area contributed by atoms with Crippen LogP contribution in [0.15, 0.2) is 18.2 Å². The first kappa shape index (κ1) is 15.3. The standard InChI is InChI=1S/C12H15F3N2O2/c1-2-7(6-16)11(19)17-9-5-8(12(13,14)15)3-4-10(9)18/h3-5,7,18H,2,6,16H2,1H3,(H,17,19). The third kappa shape index (κ3) is 3.85. The van der Waals surface area contributed by atoms with Crippen LogP contribution in [0.25, 0.3) is 0 Å². The Labute approximate surface area is 108 Å². The lowest BCUT2D eigenvalue weighted by molar-refractivity contribution is -0.137. The van der Waals surface area contributed by atoms with Gasteiger partial charge in [-0.2, -0.15) is 13.2 Å². The predicted octanol–water partition coefficient (Wildman–Crippen LogP) is 2.33. The van der Waals surface area contributed by atoms with Crippen molar-refractivity contribution in [3.63, 3.8) is 0 Å². The van der Waals surface area contributed by atoms with Gasteiger partial charge in [-0.25, -0.2) is 0 Å². The van der Waals surface area contributed by atoms with Crippen molar-refractivity contribution in [2.75, 3.05) is 11.9 Å². The van der Waals surface area contributed by atoms with Crippen molar-refractivity contribution in [3.05, 3.63) is 23.8 Å². The summed E-state index contributed by atoms with van der Waals surface area (Å²) < 4.78 is 37.5. The number of aromatic hydroxyl groups is 1. The van der Waals surface area contributed by atoms with Gasteiger partial charge in [0.25, 0.3) is 0 Å². The van der Waals surface area contributed by atoms with Gasteiger partial charge in [0.05, 0.1) is 17.2 Å². The number of hydrogen-bond donors (Lipinski definition) is 3. The summed E-state index contributed by atoms with van der Waals surface area (Å²) in [5.74, 6) is -1.44. The molecule has 1 aromatic rings. The van der Waals surface area contributed by atoms with Crippen molar-refractivity contribution in [1.82, 2.24) is 0 Å². The van der Waals surface area contributed by atoms with Gasteiger partial charge in [-0.3, -0.25) is 4.79 Å². The number of halogens is 3. The lowest BCUT2D eigenvalue weighted by atomic mass is 10.1. The molecule has 0 saturated carbocycles. The number of nitrogens with two attached hydrogens (primary N) is 1. The fraction of sp³-hybridized carbons (Fsp3) is 0.417. The van der Waals surface area contributed by atoms with Crippen LogP contribution in [0.2, 0.25) is 0 Å². The van der Waals surface area contributed by atoms with Crippen molar-refractivity contribution in [1.29, 1.82) is 0 Å². The molecule has 0 aromatic heterocycles. The Bertz CT molecular complexity index is 457. The van der Waals surface area contributed by atoms with E-state index in [1.165, 1.54) is 0 Å². The van der Waals surface area contributed by atoms with Gasteiger partial charge in [-0.15, -0.1) is 0 Å². The minimum Gasteiger partial charge on any atom is -0.506 e. The molecular weight excluding hydrogens is 261 g/mol. The summed E-state index contributed by atoms with van der Waals surface area (Å²) in [4.78, 5) is 11.7. The number of benzene rings is 1. The Balaban J connectivity index is 2.98. The number of rotatable bonds is 4. The highest BCUT2D eigenvalue weighted by molar-refractivity contribution is 5.94. The summed E-state index contributed by atoms with van der Waals surface area (Å²) in [7, 11) is 0. The number of amides is 1. The summed E-state index contributed by atoms with van der Waals surface area (Å²) in [6.45, 7) is 1.82. The molecule has 1 unspecified atom stereocenters. The van der Waals surface area contributed by atoms with E-state index in [0.29, 0.717) is 12.5 Å². The number of phenols is 1. The normalized spacial score (nSPS) is 13.1. The predicted molar refractivity (Wildman–Crippen MR) is 64.6 cm³/mol.